The SMILES string of the molecule is C=CC[C@@H](O)[C@@H](CC)O[Si](C)(C)C(C)(C)C. The Bertz CT molecular complexity index is 218. The number of rotatable bonds is 6. The Morgan fingerprint density at radius 2 is 1.88 bits per heavy atom. The van der Waals surface area contributed by atoms with E-state index in [-0.39, 0.29) is 11.1 Å². The minimum atomic E-state index is -1.78. The van der Waals surface area contributed by atoms with E-state index in [1.807, 2.05) is 0 Å². The van der Waals surface area contributed by atoms with Crippen molar-refractivity contribution in [3.63, 3.8) is 0 Å². The summed E-state index contributed by atoms with van der Waals surface area (Å²) in [7, 11) is -1.78. The van der Waals surface area contributed by atoms with Crippen LogP contribution in [0.1, 0.15) is 40.5 Å². The number of aliphatic hydroxyl groups is 1. The normalized spacial score (nSPS) is 16.9. The van der Waals surface area contributed by atoms with Gasteiger partial charge in [-0.1, -0.05) is 33.8 Å². The van der Waals surface area contributed by atoms with Gasteiger partial charge in [0, 0.05) is 0 Å². The summed E-state index contributed by atoms with van der Waals surface area (Å²) in [4.78, 5) is 0. The van der Waals surface area contributed by atoms with E-state index in [2.05, 4.69) is 47.4 Å². The van der Waals surface area contributed by atoms with Crippen LogP contribution in [-0.4, -0.2) is 25.6 Å². The molecule has 0 bridgehead atoms. The Labute approximate surface area is 102 Å². The van der Waals surface area contributed by atoms with Gasteiger partial charge in [-0.05, 0) is 31.0 Å². The molecule has 0 heterocycles. The smallest absolute Gasteiger partial charge is 0.192 e. The largest absolute Gasteiger partial charge is 0.411 e. The molecular weight excluding hydrogens is 216 g/mol. The Hall–Kier alpha value is -0.123. The molecule has 3 heteroatoms. The van der Waals surface area contributed by atoms with Gasteiger partial charge in [0.2, 0.25) is 0 Å². The molecule has 1 N–H and O–H groups in total. The zero-order valence-electron chi connectivity index (χ0n) is 11.7. The van der Waals surface area contributed by atoms with Crippen LogP contribution in [-0.2, 0) is 4.43 Å². The Balaban J connectivity index is 4.59. The Kier molecular flexibility index (Phi) is 5.94. The molecule has 0 spiro atoms. The first-order valence-electron chi connectivity index (χ1n) is 6.12. The molecule has 0 aromatic rings. The first-order chi connectivity index (χ1) is 7.15. The van der Waals surface area contributed by atoms with Crippen LogP contribution >= 0.6 is 0 Å². The van der Waals surface area contributed by atoms with Crippen molar-refractivity contribution in [1.29, 1.82) is 0 Å². The third-order valence-electron chi connectivity index (χ3n) is 3.49. The molecule has 0 aromatic heterocycles. The van der Waals surface area contributed by atoms with Gasteiger partial charge in [0.25, 0.3) is 0 Å². The molecule has 0 aromatic carbocycles. The van der Waals surface area contributed by atoms with E-state index >= 15 is 0 Å². The van der Waals surface area contributed by atoms with Crippen molar-refractivity contribution >= 4 is 8.32 Å². The van der Waals surface area contributed by atoms with Crippen molar-refractivity contribution in [2.45, 2.75) is 70.9 Å². The van der Waals surface area contributed by atoms with Crippen molar-refractivity contribution in [3.8, 4) is 0 Å². The van der Waals surface area contributed by atoms with Crippen LogP contribution in [0.15, 0.2) is 12.7 Å². The molecule has 0 unspecified atom stereocenters. The van der Waals surface area contributed by atoms with Crippen molar-refractivity contribution in [2.24, 2.45) is 0 Å². The average Bonchev–Trinajstić information content (AvgIpc) is 2.12. The summed E-state index contributed by atoms with van der Waals surface area (Å²) in [6, 6.07) is 0. The molecule has 0 fully saturated rings. The molecule has 96 valence electrons. The summed E-state index contributed by atoms with van der Waals surface area (Å²) >= 11 is 0. The van der Waals surface area contributed by atoms with Crippen LogP contribution < -0.4 is 0 Å². The summed E-state index contributed by atoms with van der Waals surface area (Å²) in [6.07, 6.45) is 2.73. The van der Waals surface area contributed by atoms with Crippen LogP contribution in [0, 0.1) is 0 Å². The predicted octanol–water partition coefficient (Wildman–Crippen LogP) is 3.72. The van der Waals surface area contributed by atoms with E-state index in [4.69, 9.17) is 4.43 Å². The summed E-state index contributed by atoms with van der Waals surface area (Å²) in [6.45, 7) is 16.8. The first-order valence-corrected chi connectivity index (χ1v) is 9.03. The highest BCUT2D eigenvalue weighted by atomic mass is 28.4. The first kappa shape index (κ1) is 15.9. The van der Waals surface area contributed by atoms with Crippen LogP contribution in [0.4, 0.5) is 0 Å². The van der Waals surface area contributed by atoms with Crippen LogP contribution in [0.25, 0.3) is 0 Å². The van der Waals surface area contributed by atoms with Crippen LogP contribution in [0.5, 0.6) is 0 Å². The van der Waals surface area contributed by atoms with Crippen molar-refractivity contribution < 1.29 is 9.53 Å². The zero-order chi connectivity index (χ0) is 13.0. The minimum Gasteiger partial charge on any atom is -0.411 e. The highest BCUT2D eigenvalue weighted by Crippen LogP contribution is 2.38. The lowest BCUT2D eigenvalue weighted by Crippen LogP contribution is -2.46. The van der Waals surface area contributed by atoms with Crippen molar-refractivity contribution in [3.05, 3.63) is 12.7 Å². The van der Waals surface area contributed by atoms with E-state index in [0.717, 1.165) is 6.42 Å². The van der Waals surface area contributed by atoms with Crippen LogP contribution in [0.2, 0.25) is 18.1 Å². The quantitative estimate of drug-likeness (QED) is 0.570. The molecule has 0 radical (unpaired) electrons. The second kappa shape index (κ2) is 5.99. The molecule has 0 saturated carbocycles. The minimum absolute atomic E-state index is 0.0566. The third-order valence-corrected chi connectivity index (χ3v) is 8.00. The zero-order valence-corrected chi connectivity index (χ0v) is 12.7. The standard InChI is InChI=1S/C13H28O2Si/c1-8-10-11(14)12(9-2)15-16(6,7)13(3,4)5/h8,11-12,14H,1,9-10H2,2-7H3/t11-,12-/m1/s1. The Morgan fingerprint density at radius 3 is 2.19 bits per heavy atom. The van der Waals surface area contributed by atoms with Gasteiger partial charge in [-0.2, -0.15) is 0 Å². The monoisotopic (exact) mass is 244 g/mol. The Morgan fingerprint density at radius 1 is 1.38 bits per heavy atom. The lowest BCUT2D eigenvalue weighted by molar-refractivity contribution is 0.0275. The second-order valence-corrected chi connectivity index (χ2v) is 10.7. The molecule has 0 aliphatic rings. The lowest BCUT2D eigenvalue weighted by Gasteiger charge is -2.40. The maximum Gasteiger partial charge on any atom is 0.192 e. The van der Waals surface area contributed by atoms with Gasteiger partial charge in [0.05, 0.1) is 12.2 Å². The molecular formula is C13H28O2Si. The van der Waals surface area contributed by atoms with Gasteiger partial charge >= 0.3 is 0 Å². The number of aliphatic hydroxyl groups excluding tert-OH is 1. The fourth-order valence-corrected chi connectivity index (χ4v) is 2.75. The summed E-state index contributed by atoms with van der Waals surface area (Å²) in [5.74, 6) is 0. The topological polar surface area (TPSA) is 29.5 Å². The van der Waals surface area contributed by atoms with E-state index in [0.29, 0.717) is 6.42 Å². The van der Waals surface area contributed by atoms with Crippen LogP contribution in [0.3, 0.4) is 0 Å². The van der Waals surface area contributed by atoms with Gasteiger partial charge in [-0.25, -0.2) is 0 Å². The van der Waals surface area contributed by atoms with Gasteiger partial charge in [0.15, 0.2) is 8.32 Å². The number of hydrogen-bond donors (Lipinski definition) is 1. The maximum absolute atomic E-state index is 9.96. The maximum atomic E-state index is 9.96. The highest BCUT2D eigenvalue weighted by molar-refractivity contribution is 6.74. The van der Waals surface area contributed by atoms with Gasteiger partial charge < -0.3 is 9.53 Å². The summed E-state index contributed by atoms with van der Waals surface area (Å²) in [5, 5.41) is 10.2. The molecule has 2 nitrogen and oxygen atoms in total. The fourth-order valence-electron chi connectivity index (χ4n) is 1.31. The van der Waals surface area contributed by atoms with Gasteiger partial charge in [-0.3, -0.25) is 0 Å². The fraction of sp³-hybridized carbons (Fsp3) is 0.846. The summed E-state index contributed by atoms with van der Waals surface area (Å²) in [5.41, 5.74) is 0. The van der Waals surface area contributed by atoms with Crippen molar-refractivity contribution in [1.82, 2.24) is 0 Å². The highest BCUT2D eigenvalue weighted by Gasteiger charge is 2.39. The molecule has 0 aliphatic heterocycles. The third kappa shape index (κ3) is 4.40. The van der Waals surface area contributed by atoms with E-state index in [9.17, 15) is 5.11 Å². The molecule has 2 atom stereocenters. The molecule has 0 saturated heterocycles. The van der Waals surface area contributed by atoms with Gasteiger partial charge in [0.1, 0.15) is 0 Å². The average molecular weight is 244 g/mol. The van der Waals surface area contributed by atoms with E-state index < -0.39 is 14.4 Å². The second-order valence-electron chi connectivity index (χ2n) is 5.92. The summed E-state index contributed by atoms with van der Waals surface area (Å²) < 4.78 is 6.21. The van der Waals surface area contributed by atoms with Gasteiger partial charge in [-0.15, -0.1) is 6.58 Å². The molecule has 0 rings (SSSR count). The predicted molar refractivity (Wildman–Crippen MR) is 73.2 cm³/mol. The number of hydrogen-bond acceptors (Lipinski definition) is 2. The lowest BCUT2D eigenvalue weighted by atomic mass is 10.1. The molecule has 16 heavy (non-hydrogen) atoms. The van der Waals surface area contributed by atoms with E-state index in [1.165, 1.54) is 0 Å². The molecule has 0 amide bonds. The van der Waals surface area contributed by atoms with E-state index in [1.54, 1.807) is 6.08 Å². The van der Waals surface area contributed by atoms with Crippen molar-refractivity contribution in [2.75, 3.05) is 0 Å². The molecule has 0 aliphatic carbocycles.